The summed E-state index contributed by atoms with van der Waals surface area (Å²) in [5.41, 5.74) is 6.75. The Morgan fingerprint density at radius 2 is 1.79 bits per heavy atom. The Balaban J connectivity index is 1.68. The lowest BCUT2D eigenvalue weighted by Crippen LogP contribution is -2.47. The van der Waals surface area contributed by atoms with E-state index >= 15 is 0 Å². The Morgan fingerprint density at radius 1 is 1.04 bits per heavy atom. The molecule has 126 valence electrons. The highest BCUT2D eigenvalue weighted by atomic mass is 35.5. The lowest BCUT2D eigenvalue weighted by Gasteiger charge is -2.12. The molecule has 3 N–H and O–H groups in total. The topological polar surface area (TPSA) is 53.2 Å². The molecule has 24 heavy (non-hydrogen) atoms. The smallest absolute Gasteiger partial charge is 0.271 e. The van der Waals surface area contributed by atoms with E-state index in [0.29, 0.717) is 22.2 Å². The minimum Gasteiger partial charge on any atom is -0.361 e. The van der Waals surface area contributed by atoms with Gasteiger partial charge in [0.1, 0.15) is 0 Å². The summed E-state index contributed by atoms with van der Waals surface area (Å²) in [6.45, 7) is 0.707. The van der Waals surface area contributed by atoms with Crippen molar-refractivity contribution < 1.29 is 4.79 Å². The molecule has 1 amide bonds. The first kappa shape index (κ1) is 18.5. The molecule has 4 nitrogen and oxygen atoms in total. The molecule has 0 atom stereocenters. The molecule has 2 aromatic rings. The molecular formula is C17H17Cl2N3OS. The molecule has 7 heteroatoms. The molecule has 2 aromatic carbocycles. The third kappa shape index (κ3) is 6.00. The van der Waals surface area contributed by atoms with E-state index in [1.807, 2.05) is 18.2 Å². The monoisotopic (exact) mass is 381 g/mol. The molecular weight excluding hydrogens is 365 g/mol. The minimum atomic E-state index is -0.384. The summed E-state index contributed by atoms with van der Waals surface area (Å²) < 4.78 is 0. The van der Waals surface area contributed by atoms with E-state index in [1.165, 1.54) is 11.6 Å². The van der Waals surface area contributed by atoms with Gasteiger partial charge in [-0.2, -0.15) is 0 Å². The number of nitrogens with one attached hydrogen (secondary N) is 3. The second kappa shape index (κ2) is 9.47. The lowest BCUT2D eigenvalue weighted by molar-refractivity contribution is 0.0944. The van der Waals surface area contributed by atoms with Crippen molar-refractivity contribution in [3.8, 4) is 0 Å². The molecule has 0 aliphatic rings. The van der Waals surface area contributed by atoms with Gasteiger partial charge in [-0.15, -0.1) is 0 Å². The maximum absolute atomic E-state index is 12.0. The van der Waals surface area contributed by atoms with Crippen LogP contribution in [0.15, 0.2) is 48.5 Å². The average Bonchev–Trinajstić information content (AvgIpc) is 2.57. The zero-order valence-corrected chi connectivity index (χ0v) is 15.1. The summed E-state index contributed by atoms with van der Waals surface area (Å²) in [5.74, 6) is -0.384. The molecule has 0 radical (unpaired) electrons. The quantitative estimate of drug-likeness (QED) is 0.419. The normalized spacial score (nSPS) is 10.1. The van der Waals surface area contributed by atoms with E-state index in [1.54, 1.807) is 12.1 Å². The number of benzene rings is 2. The number of carbonyl (C=O) groups is 1. The first-order chi connectivity index (χ1) is 11.6. The fourth-order valence-electron chi connectivity index (χ4n) is 2.04. The van der Waals surface area contributed by atoms with Crippen molar-refractivity contribution in [2.75, 3.05) is 6.54 Å². The maximum atomic E-state index is 12.0. The average molecular weight is 382 g/mol. The van der Waals surface area contributed by atoms with Crippen molar-refractivity contribution in [3.05, 3.63) is 69.7 Å². The van der Waals surface area contributed by atoms with Crippen molar-refractivity contribution in [2.24, 2.45) is 0 Å². The SMILES string of the molecule is O=C(NNC(=S)NCCCc1ccccc1)c1ccc(Cl)cc1Cl. The van der Waals surface area contributed by atoms with Gasteiger partial charge in [0.25, 0.3) is 5.91 Å². The van der Waals surface area contributed by atoms with Crippen LogP contribution >= 0.6 is 35.4 Å². The predicted octanol–water partition coefficient (Wildman–Crippen LogP) is 3.74. The standard InChI is InChI=1S/C17H17Cl2N3OS/c18-13-8-9-14(15(19)11-13)16(23)21-22-17(24)20-10-4-7-12-5-2-1-3-6-12/h1-3,5-6,8-9,11H,4,7,10H2,(H,21,23)(H2,20,22,24). The van der Waals surface area contributed by atoms with E-state index in [0.717, 1.165) is 12.8 Å². The summed E-state index contributed by atoms with van der Waals surface area (Å²) >= 11 is 16.9. The summed E-state index contributed by atoms with van der Waals surface area (Å²) in [5, 5.41) is 4.14. The van der Waals surface area contributed by atoms with Crippen molar-refractivity contribution in [3.63, 3.8) is 0 Å². The largest absolute Gasteiger partial charge is 0.361 e. The van der Waals surface area contributed by atoms with Gasteiger partial charge in [0.15, 0.2) is 5.11 Å². The zero-order valence-electron chi connectivity index (χ0n) is 12.8. The van der Waals surface area contributed by atoms with Crippen LogP contribution in [0.25, 0.3) is 0 Å². The fourth-order valence-corrected chi connectivity index (χ4v) is 2.69. The highest BCUT2D eigenvalue weighted by molar-refractivity contribution is 7.80. The van der Waals surface area contributed by atoms with Gasteiger partial charge < -0.3 is 5.32 Å². The molecule has 0 fully saturated rings. The van der Waals surface area contributed by atoms with Crippen LogP contribution in [-0.2, 0) is 6.42 Å². The Kier molecular flexibility index (Phi) is 7.31. The Labute approximate surface area is 156 Å². The third-order valence-corrected chi connectivity index (χ3v) is 4.03. The van der Waals surface area contributed by atoms with E-state index in [2.05, 4.69) is 28.3 Å². The number of carbonyl (C=O) groups excluding carboxylic acids is 1. The Morgan fingerprint density at radius 3 is 2.50 bits per heavy atom. The van der Waals surface area contributed by atoms with Gasteiger partial charge in [0.2, 0.25) is 0 Å². The van der Waals surface area contributed by atoms with Crippen LogP contribution in [0.3, 0.4) is 0 Å². The van der Waals surface area contributed by atoms with Crippen LogP contribution in [0.2, 0.25) is 10.0 Å². The number of aryl methyl sites for hydroxylation is 1. The molecule has 0 aliphatic heterocycles. The van der Waals surface area contributed by atoms with Crippen LogP contribution < -0.4 is 16.2 Å². The molecule has 0 saturated carbocycles. The Bertz CT molecular complexity index is 710. The molecule has 0 aromatic heterocycles. The van der Waals surface area contributed by atoms with Gasteiger partial charge >= 0.3 is 0 Å². The van der Waals surface area contributed by atoms with Gasteiger partial charge in [-0.3, -0.25) is 15.6 Å². The van der Waals surface area contributed by atoms with Crippen LogP contribution in [0, 0.1) is 0 Å². The Hall–Kier alpha value is -1.82. The summed E-state index contributed by atoms with van der Waals surface area (Å²) in [7, 11) is 0. The lowest BCUT2D eigenvalue weighted by atomic mass is 10.1. The summed E-state index contributed by atoms with van der Waals surface area (Å²) in [6, 6.07) is 14.9. The molecule has 0 spiro atoms. The highest BCUT2D eigenvalue weighted by Crippen LogP contribution is 2.20. The van der Waals surface area contributed by atoms with E-state index in [9.17, 15) is 4.79 Å². The van der Waals surface area contributed by atoms with Gasteiger partial charge in [0.05, 0.1) is 10.6 Å². The van der Waals surface area contributed by atoms with Crippen LogP contribution in [-0.4, -0.2) is 17.6 Å². The number of rotatable bonds is 5. The van der Waals surface area contributed by atoms with Crippen LogP contribution in [0.1, 0.15) is 22.3 Å². The van der Waals surface area contributed by atoms with Gasteiger partial charge in [-0.05, 0) is 48.8 Å². The number of amides is 1. The number of halogens is 2. The second-order valence-corrected chi connectivity index (χ2v) is 6.30. The number of thiocarbonyl (C=S) groups is 1. The molecule has 0 bridgehead atoms. The minimum absolute atomic E-state index is 0.281. The summed E-state index contributed by atoms with van der Waals surface area (Å²) in [4.78, 5) is 12.0. The van der Waals surface area contributed by atoms with Gasteiger partial charge in [0, 0.05) is 11.6 Å². The van der Waals surface area contributed by atoms with E-state index in [4.69, 9.17) is 35.4 Å². The van der Waals surface area contributed by atoms with Crippen molar-refractivity contribution in [1.29, 1.82) is 0 Å². The van der Waals surface area contributed by atoms with Crippen molar-refractivity contribution >= 4 is 46.4 Å². The molecule has 0 unspecified atom stereocenters. The third-order valence-electron chi connectivity index (χ3n) is 3.24. The zero-order chi connectivity index (χ0) is 17.4. The molecule has 0 aliphatic carbocycles. The van der Waals surface area contributed by atoms with Gasteiger partial charge in [-0.1, -0.05) is 53.5 Å². The van der Waals surface area contributed by atoms with Crippen LogP contribution in [0.5, 0.6) is 0 Å². The van der Waals surface area contributed by atoms with E-state index < -0.39 is 0 Å². The maximum Gasteiger partial charge on any atom is 0.271 e. The number of hydrogen-bond acceptors (Lipinski definition) is 2. The van der Waals surface area contributed by atoms with Gasteiger partial charge in [-0.25, -0.2) is 0 Å². The van der Waals surface area contributed by atoms with Crippen molar-refractivity contribution in [2.45, 2.75) is 12.8 Å². The summed E-state index contributed by atoms with van der Waals surface area (Å²) in [6.07, 6.45) is 1.89. The number of hydrazine groups is 1. The van der Waals surface area contributed by atoms with Crippen LogP contribution in [0.4, 0.5) is 0 Å². The van der Waals surface area contributed by atoms with E-state index in [-0.39, 0.29) is 10.9 Å². The first-order valence-electron chi connectivity index (χ1n) is 7.39. The fraction of sp³-hybridized carbons (Fsp3) is 0.176. The predicted molar refractivity (Wildman–Crippen MR) is 102 cm³/mol. The molecule has 2 rings (SSSR count). The van der Waals surface area contributed by atoms with Crippen molar-refractivity contribution in [1.82, 2.24) is 16.2 Å². The number of hydrogen-bond donors (Lipinski definition) is 3. The molecule has 0 heterocycles. The highest BCUT2D eigenvalue weighted by Gasteiger charge is 2.10. The second-order valence-electron chi connectivity index (χ2n) is 5.05. The first-order valence-corrected chi connectivity index (χ1v) is 8.56. The molecule has 0 saturated heterocycles.